The van der Waals surface area contributed by atoms with Crippen molar-refractivity contribution in [1.29, 1.82) is 0 Å². The largest absolute Gasteiger partial charge is 0.490 e. The fourth-order valence-corrected chi connectivity index (χ4v) is 2.08. The maximum atomic E-state index is 12.3. The highest BCUT2D eigenvalue weighted by Crippen LogP contribution is 2.37. The first kappa shape index (κ1) is 16.1. The van der Waals surface area contributed by atoms with Gasteiger partial charge in [-0.1, -0.05) is 0 Å². The number of nitrogens with one attached hydrogen (secondary N) is 1. The molecule has 0 saturated carbocycles. The summed E-state index contributed by atoms with van der Waals surface area (Å²) in [6.07, 6.45) is 0. The predicted molar refractivity (Wildman–Crippen MR) is 70.7 cm³/mol. The molecule has 0 aliphatic heterocycles. The van der Waals surface area contributed by atoms with Crippen molar-refractivity contribution >= 4 is 15.9 Å². The van der Waals surface area contributed by atoms with Crippen LogP contribution in [0, 0.1) is 0 Å². The maximum absolute atomic E-state index is 12.3. The van der Waals surface area contributed by atoms with Crippen molar-refractivity contribution < 1.29 is 23.4 Å². The van der Waals surface area contributed by atoms with E-state index in [0.29, 0.717) is 24.2 Å². The first-order chi connectivity index (χ1) is 9.08. The van der Waals surface area contributed by atoms with Crippen molar-refractivity contribution in [1.82, 2.24) is 5.32 Å². The first-order valence-corrected chi connectivity index (χ1v) is 6.59. The Balaban J connectivity index is 2.92. The monoisotopic (exact) mass is 339 g/mol. The summed E-state index contributed by atoms with van der Waals surface area (Å²) < 4.78 is 34.8. The second-order valence-corrected chi connectivity index (χ2v) is 4.47. The number of aliphatic hydroxyl groups excluding tert-OH is 1. The van der Waals surface area contributed by atoms with Gasteiger partial charge in [0.05, 0.1) is 17.7 Å². The van der Waals surface area contributed by atoms with Gasteiger partial charge in [0, 0.05) is 13.1 Å². The van der Waals surface area contributed by atoms with Crippen molar-refractivity contribution in [2.24, 2.45) is 0 Å². The van der Waals surface area contributed by atoms with Crippen LogP contribution in [0.1, 0.15) is 12.5 Å². The summed E-state index contributed by atoms with van der Waals surface area (Å²) in [7, 11) is 0. The van der Waals surface area contributed by atoms with Gasteiger partial charge in [-0.25, -0.2) is 0 Å². The number of ether oxygens (including phenoxy) is 2. The molecule has 0 aromatic heterocycles. The molecule has 4 nitrogen and oxygen atoms in total. The van der Waals surface area contributed by atoms with Crippen LogP contribution in [0.15, 0.2) is 16.6 Å². The molecule has 0 heterocycles. The maximum Gasteiger partial charge on any atom is 0.387 e. The number of hydrogen-bond acceptors (Lipinski definition) is 4. The number of halogens is 3. The van der Waals surface area contributed by atoms with Gasteiger partial charge in [0.2, 0.25) is 0 Å². The highest BCUT2D eigenvalue weighted by molar-refractivity contribution is 9.10. The molecule has 19 heavy (non-hydrogen) atoms. The molecule has 108 valence electrons. The second kappa shape index (κ2) is 8.29. The van der Waals surface area contributed by atoms with Crippen LogP contribution < -0.4 is 14.8 Å². The Kier molecular flexibility index (Phi) is 7.04. The van der Waals surface area contributed by atoms with E-state index in [9.17, 15) is 8.78 Å². The minimum atomic E-state index is -2.91. The van der Waals surface area contributed by atoms with Gasteiger partial charge >= 0.3 is 6.61 Å². The Hall–Kier alpha value is -0.920. The van der Waals surface area contributed by atoms with E-state index in [-0.39, 0.29) is 18.1 Å². The van der Waals surface area contributed by atoms with Crippen molar-refractivity contribution in [3.8, 4) is 11.5 Å². The number of benzene rings is 1. The van der Waals surface area contributed by atoms with Crippen LogP contribution in [0.4, 0.5) is 8.78 Å². The zero-order valence-corrected chi connectivity index (χ0v) is 12.0. The van der Waals surface area contributed by atoms with Gasteiger partial charge in [-0.15, -0.1) is 0 Å². The molecule has 1 aromatic carbocycles. The van der Waals surface area contributed by atoms with Crippen LogP contribution >= 0.6 is 15.9 Å². The summed E-state index contributed by atoms with van der Waals surface area (Å²) in [5.41, 5.74) is 0.838. The number of hydrogen-bond donors (Lipinski definition) is 2. The molecule has 0 saturated heterocycles. The van der Waals surface area contributed by atoms with Gasteiger partial charge in [-0.05, 0) is 40.5 Å². The molecule has 0 unspecified atom stereocenters. The van der Waals surface area contributed by atoms with E-state index in [1.807, 2.05) is 0 Å². The topological polar surface area (TPSA) is 50.7 Å². The summed E-state index contributed by atoms with van der Waals surface area (Å²) in [6.45, 7) is 0.182. The lowest BCUT2D eigenvalue weighted by molar-refractivity contribution is -0.0519. The van der Waals surface area contributed by atoms with Gasteiger partial charge in [-0.3, -0.25) is 0 Å². The van der Waals surface area contributed by atoms with Gasteiger partial charge < -0.3 is 19.9 Å². The molecule has 1 rings (SSSR count). The van der Waals surface area contributed by atoms with E-state index >= 15 is 0 Å². The van der Waals surface area contributed by atoms with Crippen molar-refractivity contribution in [2.45, 2.75) is 20.1 Å². The quantitative estimate of drug-likeness (QED) is 0.714. The van der Waals surface area contributed by atoms with Crippen molar-refractivity contribution in [3.05, 3.63) is 22.2 Å². The third kappa shape index (κ3) is 5.30. The number of aliphatic hydroxyl groups is 1. The number of rotatable bonds is 8. The van der Waals surface area contributed by atoms with Crippen LogP contribution in [0.3, 0.4) is 0 Å². The summed E-state index contributed by atoms with van der Waals surface area (Å²) in [5, 5.41) is 11.7. The van der Waals surface area contributed by atoms with E-state index < -0.39 is 6.61 Å². The Morgan fingerprint density at radius 1 is 1.42 bits per heavy atom. The molecule has 0 spiro atoms. The van der Waals surface area contributed by atoms with Gasteiger partial charge in [-0.2, -0.15) is 8.78 Å². The normalized spacial score (nSPS) is 10.8. The highest BCUT2D eigenvalue weighted by Gasteiger charge is 2.16. The minimum absolute atomic E-state index is 0.0113. The predicted octanol–water partition coefficient (Wildman–Crippen LogP) is 2.53. The van der Waals surface area contributed by atoms with Crippen molar-refractivity contribution in [3.63, 3.8) is 0 Å². The standard InChI is InChI=1S/C12H16BrF2NO3/c1-2-18-10-6-8(7-16-3-4-17)5-9(13)11(10)19-12(14)15/h5-6,12,16-17H,2-4,7H2,1H3. The Bertz CT molecular complexity index is 405. The lowest BCUT2D eigenvalue weighted by Crippen LogP contribution is -2.17. The van der Waals surface area contributed by atoms with Gasteiger partial charge in [0.25, 0.3) is 0 Å². The second-order valence-electron chi connectivity index (χ2n) is 3.62. The van der Waals surface area contributed by atoms with Gasteiger partial charge in [0.15, 0.2) is 11.5 Å². The first-order valence-electron chi connectivity index (χ1n) is 5.80. The summed E-state index contributed by atoms with van der Waals surface area (Å²) in [4.78, 5) is 0. The van der Waals surface area contributed by atoms with Crippen molar-refractivity contribution in [2.75, 3.05) is 19.8 Å². The molecule has 1 aromatic rings. The molecular formula is C12H16BrF2NO3. The summed E-state index contributed by atoms with van der Waals surface area (Å²) in [6, 6.07) is 3.31. The Morgan fingerprint density at radius 3 is 2.74 bits per heavy atom. The third-order valence-corrected chi connectivity index (χ3v) is 2.78. The van der Waals surface area contributed by atoms with E-state index in [0.717, 1.165) is 5.56 Å². The van der Waals surface area contributed by atoms with Crippen LogP contribution in [-0.2, 0) is 6.54 Å². The summed E-state index contributed by atoms with van der Waals surface area (Å²) >= 11 is 3.19. The van der Waals surface area contributed by atoms with Crippen LogP contribution in [-0.4, -0.2) is 31.5 Å². The Morgan fingerprint density at radius 2 is 2.16 bits per heavy atom. The third-order valence-electron chi connectivity index (χ3n) is 2.19. The Labute approximate surface area is 118 Å². The molecule has 0 atom stereocenters. The minimum Gasteiger partial charge on any atom is -0.490 e. The van der Waals surface area contributed by atoms with E-state index in [4.69, 9.17) is 9.84 Å². The van der Waals surface area contributed by atoms with E-state index in [1.165, 1.54) is 0 Å². The smallest absolute Gasteiger partial charge is 0.387 e. The molecule has 0 bridgehead atoms. The van der Waals surface area contributed by atoms with Gasteiger partial charge in [0.1, 0.15) is 0 Å². The SMILES string of the molecule is CCOc1cc(CNCCO)cc(Br)c1OC(F)F. The molecule has 0 aliphatic carbocycles. The van der Waals surface area contributed by atoms with Crippen LogP contribution in [0.25, 0.3) is 0 Å². The molecule has 0 radical (unpaired) electrons. The lowest BCUT2D eigenvalue weighted by atomic mass is 10.2. The summed E-state index contributed by atoms with van der Waals surface area (Å²) in [5.74, 6) is 0.251. The van der Waals surface area contributed by atoms with Crippen LogP contribution in [0.5, 0.6) is 11.5 Å². The molecule has 0 fully saturated rings. The average Bonchev–Trinajstić information content (AvgIpc) is 2.34. The fraction of sp³-hybridized carbons (Fsp3) is 0.500. The molecule has 2 N–H and O–H groups in total. The molecule has 0 aliphatic rings. The van der Waals surface area contributed by atoms with E-state index in [1.54, 1.807) is 19.1 Å². The zero-order chi connectivity index (χ0) is 14.3. The fourth-order valence-electron chi connectivity index (χ4n) is 1.50. The molecular weight excluding hydrogens is 324 g/mol. The van der Waals surface area contributed by atoms with Crippen LogP contribution in [0.2, 0.25) is 0 Å². The molecule has 0 amide bonds. The lowest BCUT2D eigenvalue weighted by Gasteiger charge is -2.15. The van der Waals surface area contributed by atoms with E-state index in [2.05, 4.69) is 26.0 Å². The highest BCUT2D eigenvalue weighted by atomic mass is 79.9. The average molecular weight is 340 g/mol. The molecule has 7 heteroatoms. The number of alkyl halides is 2. The zero-order valence-electron chi connectivity index (χ0n) is 10.5.